The van der Waals surface area contributed by atoms with E-state index in [9.17, 15) is 4.79 Å². The van der Waals surface area contributed by atoms with Crippen LogP contribution in [0.1, 0.15) is 28.8 Å². The van der Waals surface area contributed by atoms with Gasteiger partial charge in [-0.3, -0.25) is 4.79 Å². The van der Waals surface area contributed by atoms with Crippen molar-refractivity contribution in [1.29, 1.82) is 0 Å². The van der Waals surface area contributed by atoms with Gasteiger partial charge in [-0.05, 0) is 55.0 Å². The van der Waals surface area contributed by atoms with Gasteiger partial charge in [0.1, 0.15) is 5.82 Å². The predicted molar refractivity (Wildman–Crippen MR) is 107 cm³/mol. The van der Waals surface area contributed by atoms with Crippen molar-refractivity contribution < 1.29 is 4.79 Å². The first kappa shape index (κ1) is 16.7. The summed E-state index contributed by atoms with van der Waals surface area (Å²) in [6.45, 7) is 2.15. The molecule has 0 spiro atoms. The van der Waals surface area contributed by atoms with E-state index in [2.05, 4.69) is 51.6 Å². The average molecular weight is 347 g/mol. The fourth-order valence-electron chi connectivity index (χ4n) is 3.90. The van der Waals surface area contributed by atoms with E-state index in [0.717, 1.165) is 35.7 Å². The Kier molecular flexibility index (Phi) is 4.65. The van der Waals surface area contributed by atoms with Gasteiger partial charge in [-0.25, -0.2) is 0 Å². The van der Waals surface area contributed by atoms with E-state index in [1.807, 2.05) is 18.2 Å². The molecule has 0 radical (unpaired) electrons. The van der Waals surface area contributed by atoms with E-state index in [0.29, 0.717) is 5.56 Å². The van der Waals surface area contributed by atoms with Crippen LogP contribution in [0.25, 0.3) is 10.9 Å². The Morgan fingerprint density at radius 2 is 1.88 bits per heavy atom. The quantitative estimate of drug-likeness (QED) is 0.750. The Hall–Kier alpha value is -2.75. The molecular weight excluding hydrogens is 322 g/mol. The number of aromatic amines is 1. The molecule has 1 aliphatic rings. The smallest absolute Gasteiger partial charge is 0.251 e. The van der Waals surface area contributed by atoms with E-state index in [4.69, 9.17) is 0 Å². The van der Waals surface area contributed by atoms with Gasteiger partial charge in [0, 0.05) is 36.6 Å². The first-order valence-electron chi connectivity index (χ1n) is 9.36. The molecule has 1 saturated heterocycles. The molecule has 4 rings (SSSR count). The zero-order valence-corrected chi connectivity index (χ0v) is 15.2. The summed E-state index contributed by atoms with van der Waals surface area (Å²) in [6, 6.07) is 18.8. The zero-order chi connectivity index (χ0) is 17.9. The van der Waals surface area contributed by atoms with Crippen LogP contribution in [-0.4, -0.2) is 31.0 Å². The predicted octanol–water partition coefficient (Wildman–Crippen LogP) is 3.99. The van der Waals surface area contributed by atoms with E-state index in [-0.39, 0.29) is 5.91 Å². The molecule has 26 heavy (non-hydrogen) atoms. The number of H-pyrrole nitrogens is 1. The standard InChI is InChI=1S/C22H25N3O/c1-23-22(26)18-7-8-20-19(14-18)15-21(24-20)25-11-9-17(10-12-25)13-16-5-3-2-4-6-16/h2-8,14-15,17,24H,9-13H2,1H3,(H,23,26). The first-order chi connectivity index (χ1) is 12.7. The second-order valence-corrected chi connectivity index (χ2v) is 7.16. The minimum atomic E-state index is -0.0450. The Morgan fingerprint density at radius 1 is 1.12 bits per heavy atom. The third-order valence-electron chi connectivity index (χ3n) is 5.42. The third-order valence-corrected chi connectivity index (χ3v) is 5.42. The highest BCUT2D eigenvalue weighted by Gasteiger charge is 2.21. The van der Waals surface area contributed by atoms with Gasteiger partial charge >= 0.3 is 0 Å². The number of amides is 1. The van der Waals surface area contributed by atoms with Gasteiger partial charge in [0.25, 0.3) is 5.91 Å². The number of hydrogen-bond donors (Lipinski definition) is 2. The maximum atomic E-state index is 11.8. The van der Waals surface area contributed by atoms with Crippen LogP contribution in [0.5, 0.6) is 0 Å². The molecule has 4 nitrogen and oxygen atoms in total. The second kappa shape index (κ2) is 7.24. The summed E-state index contributed by atoms with van der Waals surface area (Å²) in [6.07, 6.45) is 3.61. The zero-order valence-electron chi connectivity index (χ0n) is 15.2. The number of carbonyl (C=O) groups is 1. The van der Waals surface area contributed by atoms with Crippen LogP contribution in [0, 0.1) is 5.92 Å². The van der Waals surface area contributed by atoms with Gasteiger partial charge < -0.3 is 15.2 Å². The van der Waals surface area contributed by atoms with Crippen molar-refractivity contribution in [2.24, 2.45) is 5.92 Å². The van der Waals surface area contributed by atoms with Crippen LogP contribution in [0.3, 0.4) is 0 Å². The summed E-state index contributed by atoms with van der Waals surface area (Å²) in [4.78, 5) is 17.8. The van der Waals surface area contributed by atoms with Gasteiger partial charge in [0.2, 0.25) is 0 Å². The molecule has 0 bridgehead atoms. The summed E-state index contributed by atoms with van der Waals surface area (Å²) >= 11 is 0. The molecule has 3 aromatic rings. The number of piperidine rings is 1. The summed E-state index contributed by atoms with van der Waals surface area (Å²) in [5.41, 5.74) is 3.23. The van der Waals surface area contributed by atoms with Crippen LogP contribution in [-0.2, 0) is 6.42 Å². The summed E-state index contributed by atoms with van der Waals surface area (Å²) in [5.74, 6) is 1.88. The maximum Gasteiger partial charge on any atom is 0.251 e. The van der Waals surface area contributed by atoms with E-state index in [1.165, 1.54) is 24.8 Å². The van der Waals surface area contributed by atoms with Crippen molar-refractivity contribution >= 4 is 22.6 Å². The molecule has 0 unspecified atom stereocenters. The number of aromatic nitrogens is 1. The van der Waals surface area contributed by atoms with Gasteiger partial charge in [0.15, 0.2) is 0 Å². The largest absolute Gasteiger partial charge is 0.358 e. The first-order valence-corrected chi connectivity index (χ1v) is 9.36. The SMILES string of the molecule is CNC(=O)c1ccc2[nH]c(N3CCC(Cc4ccccc4)CC3)cc2c1. The van der Waals surface area contributed by atoms with Crippen molar-refractivity contribution in [3.8, 4) is 0 Å². The van der Waals surface area contributed by atoms with E-state index in [1.54, 1.807) is 7.05 Å². The average Bonchev–Trinajstić information content (AvgIpc) is 3.12. The topological polar surface area (TPSA) is 48.1 Å². The highest BCUT2D eigenvalue weighted by molar-refractivity contribution is 5.98. The Morgan fingerprint density at radius 3 is 2.62 bits per heavy atom. The van der Waals surface area contributed by atoms with Gasteiger partial charge in [-0.1, -0.05) is 30.3 Å². The van der Waals surface area contributed by atoms with Crippen molar-refractivity contribution in [2.75, 3.05) is 25.0 Å². The summed E-state index contributed by atoms with van der Waals surface area (Å²) in [5, 5.41) is 3.77. The van der Waals surface area contributed by atoms with Crippen molar-refractivity contribution in [3.05, 3.63) is 65.7 Å². The molecule has 0 atom stereocenters. The molecular formula is C22H25N3O. The van der Waals surface area contributed by atoms with Crippen molar-refractivity contribution in [2.45, 2.75) is 19.3 Å². The van der Waals surface area contributed by atoms with Crippen LogP contribution in [0.15, 0.2) is 54.6 Å². The molecule has 0 saturated carbocycles. The molecule has 1 aliphatic heterocycles. The van der Waals surface area contributed by atoms with Crippen LogP contribution >= 0.6 is 0 Å². The fraction of sp³-hybridized carbons (Fsp3) is 0.318. The number of benzene rings is 2. The normalized spacial score (nSPS) is 15.3. The monoisotopic (exact) mass is 347 g/mol. The summed E-state index contributed by atoms with van der Waals surface area (Å²) in [7, 11) is 1.66. The molecule has 4 heteroatoms. The van der Waals surface area contributed by atoms with E-state index >= 15 is 0 Å². The molecule has 2 aromatic carbocycles. The van der Waals surface area contributed by atoms with Crippen LogP contribution in [0.2, 0.25) is 0 Å². The number of rotatable bonds is 4. The maximum absolute atomic E-state index is 11.8. The molecule has 0 aliphatic carbocycles. The Balaban J connectivity index is 1.43. The van der Waals surface area contributed by atoms with Crippen molar-refractivity contribution in [3.63, 3.8) is 0 Å². The van der Waals surface area contributed by atoms with Gasteiger partial charge in [-0.15, -0.1) is 0 Å². The Labute approximate surface area is 154 Å². The summed E-state index contributed by atoms with van der Waals surface area (Å²) < 4.78 is 0. The lowest BCUT2D eigenvalue weighted by Gasteiger charge is -2.32. The molecule has 1 fully saturated rings. The minimum Gasteiger partial charge on any atom is -0.358 e. The number of hydrogen-bond acceptors (Lipinski definition) is 2. The van der Waals surface area contributed by atoms with Gasteiger partial charge in [0.05, 0.1) is 0 Å². The lowest BCUT2D eigenvalue weighted by Crippen LogP contribution is -2.34. The molecule has 134 valence electrons. The highest BCUT2D eigenvalue weighted by atomic mass is 16.1. The van der Waals surface area contributed by atoms with Crippen LogP contribution in [0.4, 0.5) is 5.82 Å². The fourth-order valence-corrected chi connectivity index (χ4v) is 3.90. The van der Waals surface area contributed by atoms with Crippen molar-refractivity contribution in [1.82, 2.24) is 10.3 Å². The Bertz CT molecular complexity index is 892. The molecule has 2 heterocycles. The minimum absolute atomic E-state index is 0.0450. The number of nitrogens with one attached hydrogen (secondary N) is 2. The van der Waals surface area contributed by atoms with E-state index < -0.39 is 0 Å². The number of carbonyl (C=O) groups excluding carboxylic acids is 1. The molecule has 1 amide bonds. The molecule has 2 N–H and O–H groups in total. The lowest BCUT2D eigenvalue weighted by molar-refractivity contribution is 0.0963. The lowest BCUT2D eigenvalue weighted by atomic mass is 9.90. The highest BCUT2D eigenvalue weighted by Crippen LogP contribution is 2.28. The van der Waals surface area contributed by atoms with Crippen LogP contribution < -0.4 is 10.2 Å². The third kappa shape index (κ3) is 3.45. The number of fused-ring (bicyclic) bond motifs is 1. The number of nitrogens with zero attached hydrogens (tertiary/aromatic N) is 1. The number of anilines is 1. The second-order valence-electron chi connectivity index (χ2n) is 7.16. The van der Waals surface area contributed by atoms with Gasteiger partial charge in [-0.2, -0.15) is 0 Å². The molecule has 1 aromatic heterocycles.